The van der Waals surface area contributed by atoms with Gasteiger partial charge in [-0.15, -0.1) is 0 Å². The number of furan rings is 1. The van der Waals surface area contributed by atoms with Crippen molar-refractivity contribution in [3.63, 3.8) is 0 Å². The summed E-state index contributed by atoms with van der Waals surface area (Å²) in [5.41, 5.74) is 1.79. The van der Waals surface area contributed by atoms with Crippen molar-refractivity contribution in [3.05, 3.63) is 59.3 Å². The number of halogens is 1. The molecular formula is C24H26ClN3O3. The molecule has 0 spiro atoms. The van der Waals surface area contributed by atoms with E-state index < -0.39 is 0 Å². The molecule has 162 valence electrons. The largest absolute Gasteiger partial charge is 0.451 e. The molecule has 7 heteroatoms. The summed E-state index contributed by atoms with van der Waals surface area (Å²) in [6.07, 6.45) is 0. The lowest BCUT2D eigenvalue weighted by Crippen LogP contribution is -2.51. The monoisotopic (exact) mass is 439 g/mol. The topological polar surface area (TPSA) is 65.8 Å². The van der Waals surface area contributed by atoms with E-state index in [9.17, 15) is 9.59 Å². The number of carbonyl (C=O) groups excluding carboxylic acids is 2. The summed E-state index contributed by atoms with van der Waals surface area (Å²) in [4.78, 5) is 29.1. The van der Waals surface area contributed by atoms with Crippen LogP contribution in [0.5, 0.6) is 0 Å². The van der Waals surface area contributed by atoms with Crippen molar-refractivity contribution in [2.45, 2.75) is 20.8 Å². The highest BCUT2D eigenvalue weighted by atomic mass is 35.5. The van der Waals surface area contributed by atoms with Crippen molar-refractivity contribution in [1.29, 1.82) is 0 Å². The average Bonchev–Trinajstić information content (AvgIpc) is 3.17. The van der Waals surface area contributed by atoms with Crippen LogP contribution in [0.4, 0.5) is 11.4 Å². The Bertz CT molecular complexity index is 1090. The Balaban J connectivity index is 1.41. The lowest BCUT2D eigenvalue weighted by molar-refractivity contribution is -0.139. The standard InChI is InChI=1S/C24H26ClN3O3/c1-24(2,3)23(30)28-12-10-27(11-13-28)19-9-8-17(15-18(19)25)26-22(29)21-14-16-6-4-5-7-20(16)31-21/h4-9,14-15H,10-13H2,1-3H3,(H,26,29). The normalized spacial score (nSPS) is 14.7. The van der Waals surface area contributed by atoms with Crippen LogP contribution >= 0.6 is 11.6 Å². The third kappa shape index (κ3) is 4.54. The van der Waals surface area contributed by atoms with Gasteiger partial charge in [-0.05, 0) is 30.3 Å². The first-order valence-electron chi connectivity index (χ1n) is 10.4. The molecule has 4 rings (SSSR count). The molecule has 0 radical (unpaired) electrons. The summed E-state index contributed by atoms with van der Waals surface area (Å²) in [6, 6.07) is 14.7. The quantitative estimate of drug-likeness (QED) is 0.621. The van der Waals surface area contributed by atoms with Gasteiger partial charge >= 0.3 is 0 Å². The van der Waals surface area contributed by atoms with Crippen molar-refractivity contribution in [2.24, 2.45) is 5.41 Å². The van der Waals surface area contributed by atoms with E-state index in [1.165, 1.54) is 0 Å². The van der Waals surface area contributed by atoms with E-state index in [1.807, 2.05) is 62.1 Å². The molecule has 0 unspecified atom stereocenters. The Labute approximate surface area is 186 Å². The van der Waals surface area contributed by atoms with Crippen molar-refractivity contribution >= 4 is 45.8 Å². The van der Waals surface area contributed by atoms with E-state index in [0.717, 1.165) is 11.1 Å². The summed E-state index contributed by atoms with van der Waals surface area (Å²) in [5.74, 6) is 0.0947. The van der Waals surface area contributed by atoms with E-state index in [0.29, 0.717) is 42.5 Å². The van der Waals surface area contributed by atoms with Gasteiger partial charge < -0.3 is 19.5 Å². The van der Waals surface area contributed by atoms with E-state index in [2.05, 4.69) is 10.2 Å². The Morgan fingerprint density at radius 1 is 1.00 bits per heavy atom. The predicted molar refractivity (Wildman–Crippen MR) is 124 cm³/mol. The summed E-state index contributed by atoms with van der Waals surface area (Å²) in [5, 5.41) is 4.27. The fourth-order valence-electron chi connectivity index (χ4n) is 3.75. The molecule has 1 N–H and O–H groups in total. The number of rotatable bonds is 3. The lowest BCUT2D eigenvalue weighted by Gasteiger charge is -2.39. The summed E-state index contributed by atoms with van der Waals surface area (Å²) in [7, 11) is 0. The zero-order valence-corrected chi connectivity index (χ0v) is 18.7. The van der Waals surface area contributed by atoms with Crippen molar-refractivity contribution in [3.8, 4) is 0 Å². The van der Waals surface area contributed by atoms with Crippen LogP contribution in [0.2, 0.25) is 5.02 Å². The molecule has 1 aliphatic rings. The average molecular weight is 440 g/mol. The van der Waals surface area contributed by atoms with Gasteiger partial charge in [0, 0.05) is 42.7 Å². The molecule has 3 aromatic rings. The zero-order valence-electron chi connectivity index (χ0n) is 17.9. The number of anilines is 2. The van der Waals surface area contributed by atoms with Gasteiger partial charge in [-0.3, -0.25) is 9.59 Å². The highest BCUT2D eigenvalue weighted by molar-refractivity contribution is 6.33. The van der Waals surface area contributed by atoms with Gasteiger partial charge in [0.05, 0.1) is 10.7 Å². The smallest absolute Gasteiger partial charge is 0.291 e. The predicted octanol–water partition coefficient (Wildman–Crippen LogP) is 5.03. The molecule has 0 aliphatic carbocycles. The van der Waals surface area contributed by atoms with E-state index in [1.54, 1.807) is 12.1 Å². The fraction of sp³-hybridized carbons (Fsp3) is 0.333. The first kappa shape index (κ1) is 21.2. The Morgan fingerprint density at radius 2 is 1.71 bits per heavy atom. The number of hydrogen-bond donors (Lipinski definition) is 1. The number of amides is 2. The number of fused-ring (bicyclic) bond motifs is 1. The van der Waals surface area contributed by atoms with E-state index >= 15 is 0 Å². The minimum Gasteiger partial charge on any atom is -0.451 e. The molecule has 2 aromatic carbocycles. The van der Waals surface area contributed by atoms with Gasteiger partial charge in [0.2, 0.25) is 5.91 Å². The number of para-hydroxylation sites is 1. The minimum atomic E-state index is -0.375. The number of nitrogens with zero attached hydrogens (tertiary/aromatic N) is 2. The summed E-state index contributed by atoms with van der Waals surface area (Å²) < 4.78 is 5.62. The summed E-state index contributed by atoms with van der Waals surface area (Å²) in [6.45, 7) is 8.58. The first-order valence-corrected chi connectivity index (χ1v) is 10.7. The number of carbonyl (C=O) groups is 2. The lowest BCUT2D eigenvalue weighted by atomic mass is 9.94. The van der Waals surface area contributed by atoms with Crippen molar-refractivity contribution in [2.75, 3.05) is 36.4 Å². The van der Waals surface area contributed by atoms with Crippen LogP contribution in [0.15, 0.2) is 52.9 Å². The SMILES string of the molecule is CC(C)(C)C(=O)N1CCN(c2ccc(NC(=O)c3cc4ccccc4o3)cc2Cl)CC1. The first-order chi connectivity index (χ1) is 14.7. The highest BCUT2D eigenvalue weighted by Crippen LogP contribution is 2.31. The van der Waals surface area contributed by atoms with Gasteiger partial charge in [-0.2, -0.15) is 0 Å². The number of piperazine rings is 1. The van der Waals surface area contributed by atoms with Crippen LogP contribution in [-0.4, -0.2) is 42.9 Å². The molecule has 0 atom stereocenters. The maximum atomic E-state index is 12.6. The molecular weight excluding hydrogens is 414 g/mol. The van der Waals surface area contributed by atoms with Crippen LogP contribution in [0.25, 0.3) is 11.0 Å². The number of nitrogens with one attached hydrogen (secondary N) is 1. The Morgan fingerprint density at radius 3 is 2.35 bits per heavy atom. The molecule has 6 nitrogen and oxygen atoms in total. The van der Waals surface area contributed by atoms with Crippen LogP contribution in [0.1, 0.15) is 31.3 Å². The molecule has 0 bridgehead atoms. The number of benzene rings is 2. The second kappa shape index (κ2) is 8.27. The fourth-order valence-corrected chi connectivity index (χ4v) is 4.05. The molecule has 1 saturated heterocycles. The highest BCUT2D eigenvalue weighted by Gasteiger charge is 2.30. The Kier molecular flexibility index (Phi) is 5.67. The molecule has 1 aromatic heterocycles. The maximum Gasteiger partial charge on any atom is 0.291 e. The molecule has 2 amide bonds. The van der Waals surface area contributed by atoms with Gasteiger partial charge in [0.25, 0.3) is 5.91 Å². The van der Waals surface area contributed by atoms with Crippen LogP contribution < -0.4 is 10.2 Å². The third-order valence-corrected chi connectivity index (χ3v) is 5.71. The van der Waals surface area contributed by atoms with Crippen LogP contribution in [-0.2, 0) is 4.79 Å². The van der Waals surface area contributed by atoms with Crippen molar-refractivity contribution < 1.29 is 14.0 Å². The summed E-state index contributed by atoms with van der Waals surface area (Å²) >= 11 is 6.53. The Hall–Kier alpha value is -2.99. The molecule has 1 aliphatic heterocycles. The van der Waals surface area contributed by atoms with Gasteiger partial charge in [0.1, 0.15) is 5.58 Å². The molecule has 31 heavy (non-hydrogen) atoms. The van der Waals surface area contributed by atoms with Crippen LogP contribution in [0.3, 0.4) is 0 Å². The second-order valence-corrected chi connectivity index (χ2v) is 9.21. The number of hydrogen-bond acceptors (Lipinski definition) is 4. The van der Waals surface area contributed by atoms with Gasteiger partial charge in [0.15, 0.2) is 5.76 Å². The zero-order chi connectivity index (χ0) is 22.2. The van der Waals surface area contributed by atoms with E-state index in [-0.39, 0.29) is 23.0 Å². The maximum absolute atomic E-state index is 12.6. The molecule has 2 heterocycles. The van der Waals surface area contributed by atoms with Crippen molar-refractivity contribution in [1.82, 2.24) is 4.90 Å². The second-order valence-electron chi connectivity index (χ2n) is 8.80. The molecule has 0 saturated carbocycles. The van der Waals surface area contributed by atoms with Gasteiger partial charge in [-0.1, -0.05) is 50.6 Å². The van der Waals surface area contributed by atoms with Crippen LogP contribution in [0, 0.1) is 5.41 Å². The van der Waals surface area contributed by atoms with Gasteiger partial charge in [-0.25, -0.2) is 0 Å². The third-order valence-electron chi connectivity index (χ3n) is 5.40. The molecule has 1 fully saturated rings. The van der Waals surface area contributed by atoms with E-state index in [4.69, 9.17) is 16.0 Å². The minimum absolute atomic E-state index is 0.168.